The molecule has 0 aliphatic carbocycles. The van der Waals surface area contributed by atoms with Crippen LogP contribution in [0.5, 0.6) is 0 Å². The molecule has 1 unspecified atom stereocenters. The van der Waals surface area contributed by atoms with Crippen LogP contribution >= 0.6 is 0 Å². The first kappa shape index (κ1) is 12.2. The van der Waals surface area contributed by atoms with Crippen molar-refractivity contribution in [2.45, 2.75) is 19.6 Å². The summed E-state index contributed by atoms with van der Waals surface area (Å²) in [6.45, 7) is 1.54. The quantitative estimate of drug-likeness (QED) is 0.510. The van der Waals surface area contributed by atoms with Crippen LogP contribution in [0.4, 0.5) is 0 Å². The molecule has 1 atom stereocenters. The molecule has 1 aromatic rings. The van der Waals surface area contributed by atoms with Crippen molar-refractivity contribution in [3.8, 4) is 0 Å². The van der Waals surface area contributed by atoms with Gasteiger partial charge in [-0.05, 0) is 6.92 Å². The Morgan fingerprint density at radius 2 is 2.19 bits per heavy atom. The van der Waals surface area contributed by atoms with Crippen molar-refractivity contribution in [3.63, 3.8) is 0 Å². The van der Waals surface area contributed by atoms with Gasteiger partial charge < -0.3 is 9.47 Å². The molecule has 0 amide bonds. The lowest BCUT2D eigenvalue weighted by Gasteiger charge is -2.09. The van der Waals surface area contributed by atoms with E-state index < -0.39 is 18.0 Å². The lowest BCUT2D eigenvalue weighted by atomic mass is 10.4. The number of imidazole rings is 1. The van der Waals surface area contributed by atoms with E-state index in [0.717, 1.165) is 0 Å². The third kappa shape index (κ3) is 3.38. The van der Waals surface area contributed by atoms with E-state index in [1.165, 1.54) is 14.0 Å². The number of esters is 2. The summed E-state index contributed by atoms with van der Waals surface area (Å²) < 4.78 is 12.8. The molecule has 1 rings (SSSR count). The number of hydrogen-bond donors (Lipinski definition) is 0. The SMILES string of the molecule is COC(=O)C(C)OC(=O)C[n+]1ccn(C)c1. The fourth-order valence-electron chi connectivity index (χ4n) is 1.19. The molecule has 0 fully saturated rings. The van der Waals surface area contributed by atoms with E-state index in [1.54, 1.807) is 27.9 Å². The van der Waals surface area contributed by atoms with Crippen LogP contribution in [0, 0.1) is 0 Å². The summed E-state index contributed by atoms with van der Waals surface area (Å²) in [6, 6.07) is 0. The van der Waals surface area contributed by atoms with Gasteiger partial charge in [0, 0.05) is 0 Å². The second-order valence-corrected chi connectivity index (χ2v) is 3.41. The van der Waals surface area contributed by atoms with Crippen LogP contribution in [0.2, 0.25) is 0 Å². The van der Waals surface area contributed by atoms with Crippen molar-refractivity contribution in [1.29, 1.82) is 0 Å². The number of carbonyl (C=O) groups excluding carboxylic acids is 2. The van der Waals surface area contributed by atoms with Crippen molar-refractivity contribution in [2.75, 3.05) is 7.11 Å². The van der Waals surface area contributed by atoms with E-state index in [-0.39, 0.29) is 6.54 Å². The second kappa shape index (κ2) is 5.29. The number of methoxy groups -OCH3 is 1. The Labute approximate surface area is 93.4 Å². The first-order valence-electron chi connectivity index (χ1n) is 4.81. The molecule has 0 bridgehead atoms. The molecule has 0 aromatic carbocycles. The summed E-state index contributed by atoms with van der Waals surface area (Å²) in [6.07, 6.45) is 4.41. The van der Waals surface area contributed by atoms with Crippen LogP contribution in [0.3, 0.4) is 0 Å². The summed E-state index contributed by atoms with van der Waals surface area (Å²) in [4.78, 5) is 22.4. The van der Waals surface area contributed by atoms with Crippen molar-refractivity contribution >= 4 is 11.9 Å². The minimum atomic E-state index is -0.873. The maximum Gasteiger partial charge on any atom is 0.349 e. The summed E-state index contributed by atoms with van der Waals surface area (Å²) in [5, 5.41) is 0. The Morgan fingerprint density at radius 3 is 2.69 bits per heavy atom. The number of ether oxygens (including phenoxy) is 2. The molecular formula is C10H15N2O4+. The number of rotatable bonds is 4. The van der Waals surface area contributed by atoms with Crippen LogP contribution in [0.25, 0.3) is 0 Å². The number of carbonyl (C=O) groups is 2. The number of aromatic nitrogens is 2. The van der Waals surface area contributed by atoms with Crippen molar-refractivity contribution in [1.82, 2.24) is 4.57 Å². The molecule has 0 aliphatic heterocycles. The summed E-state index contributed by atoms with van der Waals surface area (Å²) >= 11 is 0. The molecule has 6 nitrogen and oxygen atoms in total. The molecule has 0 saturated carbocycles. The molecule has 88 valence electrons. The molecule has 16 heavy (non-hydrogen) atoms. The number of nitrogens with zero attached hydrogens (tertiary/aromatic N) is 2. The minimum absolute atomic E-state index is 0.0716. The highest BCUT2D eigenvalue weighted by Gasteiger charge is 2.19. The molecule has 6 heteroatoms. The van der Waals surface area contributed by atoms with Gasteiger partial charge in [-0.15, -0.1) is 0 Å². The Balaban J connectivity index is 2.45. The lowest BCUT2D eigenvalue weighted by molar-refractivity contribution is -0.685. The van der Waals surface area contributed by atoms with Gasteiger partial charge in [0.2, 0.25) is 6.33 Å². The molecule has 0 N–H and O–H groups in total. The standard InChI is InChI=1S/C10H15N2O4/c1-8(10(14)15-3)16-9(13)6-12-5-4-11(2)7-12/h4-5,7-8H,6H2,1-3H3/q+1. The highest BCUT2D eigenvalue weighted by atomic mass is 16.6. The van der Waals surface area contributed by atoms with E-state index in [0.29, 0.717) is 0 Å². The largest absolute Gasteiger partial charge is 0.466 e. The summed E-state index contributed by atoms with van der Waals surface area (Å²) in [5.41, 5.74) is 0. The van der Waals surface area contributed by atoms with Gasteiger partial charge in [-0.3, -0.25) is 0 Å². The maximum absolute atomic E-state index is 11.4. The fraction of sp³-hybridized carbons (Fsp3) is 0.500. The monoisotopic (exact) mass is 227 g/mol. The average Bonchev–Trinajstić information content (AvgIpc) is 2.62. The maximum atomic E-state index is 11.4. The summed E-state index contributed by atoms with van der Waals surface area (Å²) in [5.74, 6) is -1.04. The van der Waals surface area contributed by atoms with Crippen LogP contribution < -0.4 is 4.57 Å². The van der Waals surface area contributed by atoms with Crippen LogP contribution in [0.15, 0.2) is 18.7 Å². The van der Waals surface area contributed by atoms with E-state index in [9.17, 15) is 9.59 Å². The molecule has 0 spiro atoms. The molecular weight excluding hydrogens is 212 g/mol. The zero-order chi connectivity index (χ0) is 12.1. The number of hydrogen-bond acceptors (Lipinski definition) is 4. The average molecular weight is 227 g/mol. The zero-order valence-electron chi connectivity index (χ0n) is 9.54. The highest BCUT2D eigenvalue weighted by Crippen LogP contribution is 1.94. The van der Waals surface area contributed by atoms with Crippen LogP contribution in [-0.4, -0.2) is 29.7 Å². The third-order valence-corrected chi connectivity index (χ3v) is 1.98. The summed E-state index contributed by atoms with van der Waals surface area (Å²) in [7, 11) is 3.09. The van der Waals surface area contributed by atoms with Gasteiger partial charge in [0.05, 0.1) is 14.2 Å². The lowest BCUT2D eigenvalue weighted by Crippen LogP contribution is -2.38. The van der Waals surface area contributed by atoms with Gasteiger partial charge in [-0.2, -0.15) is 0 Å². The van der Waals surface area contributed by atoms with Crippen molar-refractivity contribution in [3.05, 3.63) is 18.7 Å². The fourth-order valence-corrected chi connectivity index (χ4v) is 1.19. The van der Waals surface area contributed by atoms with Crippen LogP contribution in [0.1, 0.15) is 6.92 Å². The molecule has 0 saturated heterocycles. The Kier molecular flexibility index (Phi) is 4.04. The number of aryl methyl sites for hydroxylation is 1. The van der Waals surface area contributed by atoms with E-state index >= 15 is 0 Å². The molecule has 0 radical (unpaired) electrons. The zero-order valence-corrected chi connectivity index (χ0v) is 9.54. The molecule has 1 heterocycles. The minimum Gasteiger partial charge on any atom is -0.466 e. The van der Waals surface area contributed by atoms with E-state index in [2.05, 4.69) is 4.74 Å². The third-order valence-electron chi connectivity index (χ3n) is 1.98. The Morgan fingerprint density at radius 1 is 1.50 bits per heavy atom. The Bertz CT molecular complexity index is 386. The van der Waals surface area contributed by atoms with Gasteiger partial charge in [0.25, 0.3) is 0 Å². The first-order valence-corrected chi connectivity index (χ1v) is 4.81. The predicted octanol–water partition coefficient (Wildman–Crippen LogP) is -0.583. The second-order valence-electron chi connectivity index (χ2n) is 3.41. The van der Waals surface area contributed by atoms with Crippen molar-refractivity contribution in [2.24, 2.45) is 7.05 Å². The van der Waals surface area contributed by atoms with Crippen molar-refractivity contribution < 1.29 is 23.6 Å². The topological polar surface area (TPSA) is 61.4 Å². The van der Waals surface area contributed by atoms with Gasteiger partial charge in [0.1, 0.15) is 12.4 Å². The Hall–Kier alpha value is -1.85. The highest BCUT2D eigenvalue weighted by molar-refractivity contribution is 5.78. The molecule has 1 aromatic heterocycles. The van der Waals surface area contributed by atoms with Gasteiger partial charge >= 0.3 is 11.9 Å². The smallest absolute Gasteiger partial charge is 0.349 e. The molecule has 0 aliphatic rings. The van der Waals surface area contributed by atoms with Crippen LogP contribution in [-0.2, 0) is 32.7 Å². The first-order chi connectivity index (χ1) is 7.52. The van der Waals surface area contributed by atoms with Gasteiger partial charge in [-0.1, -0.05) is 0 Å². The normalized spacial score (nSPS) is 11.9. The van der Waals surface area contributed by atoms with E-state index in [4.69, 9.17) is 4.74 Å². The predicted molar refractivity (Wildman–Crippen MR) is 53.2 cm³/mol. The van der Waals surface area contributed by atoms with Gasteiger partial charge in [-0.25, -0.2) is 18.7 Å². The van der Waals surface area contributed by atoms with E-state index in [1.807, 2.05) is 7.05 Å². The van der Waals surface area contributed by atoms with Gasteiger partial charge in [0.15, 0.2) is 12.6 Å².